The number of hydrogen-bond acceptors (Lipinski definition) is 4. The van der Waals surface area contributed by atoms with E-state index in [1.54, 1.807) is 13.2 Å². The van der Waals surface area contributed by atoms with Gasteiger partial charge in [-0.25, -0.2) is 9.98 Å². The van der Waals surface area contributed by atoms with Gasteiger partial charge in [0, 0.05) is 31.7 Å². The molecule has 1 N–H and O–H groups in total. The predicted molar refractivity (Wildman–Crippen MR) is 115 cm³/mol. The smallest absolute Gasteiger partial charge is 0.401 e. The summed E-state index contributed by atoms with van der Waals surface area (Å²) in [7, 11) is 0. The van der Waals surface area contributed by atoms with Crippen LogP contribution < -0.4 is 5.32 Å². The van der Waals surface area contributed by atoms with Crippen molar-refractivity contribution in [3.05, 3.63) is 42.3 Å². The summed E-state index contributed by atoms with van der Waals surface area (Å²) in [5.41, 5.74) is 1.64. The van der Waals surface area contributed by atoms with Gasteiger partial charge in [0.25, 0.3) is 0 Å². The summed E-state index contributed by atoms with van der Waals surface area (Å²) >= 11 is 0. The number of benzene rings is 1. The molecule has 0 aliphatic carbocycles. The number of hydrogen-bond donors (Lipinski definition) is 1. The first-order valence-corrected chi connectivity index (χ1v) is 10.7. The van der Waals surface area contributed by atoms with Crippen LogP contribution in [0.15, 0.2) is 46.0 Å². The van der Waals surface area contributed by atoms with Crippen LogP contribution in [0, 0.1) is 5.92 Å². The Morgan fingerprint density at radius 3 is 2.74 bits per heavy atom. The standard InChI is InChI=1S/C22H30F3N5O/c1-3-26-21(27-12-19-15-31-20(28-19)18-8-6-5-7-9-18)30-11-10-17(14-30)13-29(4-2)16-22(23,24)25/h5-9,15,17H,3-4,10-14,16H2,1-2H3,(H,26,27). The number of oxazole rings is 1. The Hall–Kier alpha value is -2.55. The summed E-state index contributed by atoms with van der Waals surface area (Å²) in [5.74, 6) is 1.50. The maximum absolute atomic E-state index is 12.7. The van der Waals surface area contributed by atoms with E-state index in [0.29, 0.717) is 38.6 Å². The molecule has 1 aromatic carbocycles. The number of alkyl halides is 3. The first kappa shape index (κ1) is 23.1. The third kappa shape index (κ3) is 6.99. The molecule has 2 aromatic rings. The lowest BCUT2D eigenvalue weighted by atomic mass is 10.1. The number of nitrogens with zero attached hydrogens (tertiary/aromatic N) is 4. The number of nitrogens with one attached hydrogen (secondary N) is 1. The number of guanidine groups is 1. The van der Waals surface area contributed by atoms with Gasteiger partial charge < -0.3 is 14.6 Å². The van der Waals surface area contributed by atoms with Gasteiger partial charge >= 0.3 is 6.18 Å². The van der Waals surface area contributed by atoms with Crippen LogP contribution in [0.5, 0.6) is 0 Å². The summed E-state index contributed by atoms with van der Waals surface area (Å²) in [6, 6.07) is 9.67. The van der Waals surface area contributed by atoms with Crippen molar-refractivity contribution in [3.8, 4) is 11.5 Å². The summed E-state index contributed by atoms with van der Waals surface area (Å²) < 4.78 is 43.8. The fourth-order valence-electron chi connectivity index (χ4n) is 3.77. The van der Waals surface area contributed by atoms with Crippen molar-refractivity contribution in [2.45, 2.75) is 33.0 Å². The van der Waals surface area contributed by atoms with Crippen LogP contribution in [0.1, 0.15) is 26.0 Å². The number of halogens is 3. The first-order valence-electron chi connectivity index (χ1n) is 10.7. The normalized spacial score (nSPS) is 17.5. The Bertz CT molecular complexity index is 837. The topological polar surface area (TPSA) is 56.9 Å². The summed E-state index contributed by atoms with van der Waals surface area (Å²) in [4.78, 5) is 12.8. The second kappa shape index (κ2) is 10.7. The average Bonchev–Trinajstić information content (AvgIpc) is 3.40. The quantitative estimate of drug-likeness (QED) is 0.500. The van der Waals surface area contributed by atoms with Crippen molar-refractivity contribution in [3.63, 3.8) is 0 Å². The number of likely N-dealkylation sites (tertiary alicyclic amines) is 1. The third-order valence-corrected chi connectivity index (χ3v) is 5.25. The molecule has 2 heterocycles. The van der Waals surface area contributed by atoms with Gasteiger partial charge in [0.1, 0.15) is 12.0 Å². The van der Waals surface area contributed by atoms with Gasteiger partial charge in [0.2, 0.25) is 5.89 Å². The molecule has 1 fully saturated rings. The second-order valence-corrected chi connectivity index (χ2v) is 7.72. The van der Waals surface area contributed by atoms with E-state index in [0.717, 1.165) is 30.2 Å². The molecular weight excluding hydrogens is 407 g/mol. The zero-order chi connectivity index (χ0) is 22.3. The van der Waals surface area contributed by atoms with E-state index in [2.05, 4.69) is 20.2 Å². The summed E-state index contributed by atoms with van der Waals surface area (Å²) in [6.07, 6.45) is -1.71. The van der Waals surface area contributed by atoms with Crippen molar-refractivity contribution in [1.82, 2.24) is 20.1 Å². The highest BCUT2D eigenvalue weighted by Crippen LogP contribution is 2.22. The molecule has 1 atom stereocenters. The van der Waals surface area contributed by atoms with Crippen molar-refractivity contribution >= 4 is 5.96 Å². The molecule has 1 aliphatic rings. The van der Waals surface area contributed by atoms with Crippen molar-refractivity contribution in [2.24, 2.45) is 10.9 Å². The molecule has 1 aliphatic heterocycles. The molecule has 170 valence electrons. The SMILES string of the molecule is CCNC(=NCc1coc(-c2ccccc2)n1)N1CCC(CN(CC)CC(F)(F)F)C1. The average molecular weight is 438 g/mol. The van der Waals surface area contributed by atoms with Crippen molar-refractivity contribution in [1.29, 1.82) is 0 Å². The Kier molecular flexibility index (Phi) is 7.95. The monoisotopic (exact) mass is 437 g/mol. The zero-order valence-electron chi connectivity index (χ0n) is 18.0. The molecule has 1 saturated heterocycles. The molecule has 0 amide bonds. The Morgan fingerprint density at radius 2 is 2.06 bits per heavy atom. The molecule has 0 spiro atoms. The van der Waals surface area contributed by atoms with E-state index in [4.69, 9.17) is 4.42 Å². The molecule has 1 aromatic heterocycles. The van der Waals surface area contributed by atoms with Gasteiger partial charge in [0.15, 0.2) is 5.96 Å². The van der Waals surface area contributed by atoms with E-state index < -0.39 is 12.7 Å². The molecule has 6 nitrogen and oxygen atoms in total. The summed E-state index contributed by atoms with van der Waals surface area (Å²) in [5, 5.41) is 3.28. The van der Waals surface area contributed by atoms with E-state index in [9.17, 15) is 13.2 Å². The van der Waals surface area contributed by atoms with Gasteiger partial charge in [-0.15, -0.1) is 0 Å². The fraction of sp³-hybridized carbons (Fsp3) is 0.545. The Morgan fingerprint density at radius 1 is 1.29 bits per heavy atom. The minimum Gasteiger partial charge on any atom is -0.444 e. The third-order valence-electron chi connectivity index (χ3n) is 5.25. The second-order valence-electron chi connectivity index (χ2n) is 7.72. The first-order chi connectivity index (χ1) is 14.9. The number of aromatic nitrogens is 1. The lowest BCUT2D eigenvalue weighted by molar-refractivity contribution is -0.146. The van der Waals surface area contributed by atoms with E-state index in [-0.39, 0.29) is 5.92 Å². The van der Waals surface area contributed by atoms with Crippen molar-refractivity contribution < 1.29 is 17.6 Å². The van der Waals surface area contributed by atoms with Crippen molar-refractivity contribution in [2.75, 3.05) is 39.3 Å². The van der Waals surface area contributed by atoms with Gasteiger partial charge in [0.05, 0.1) is 13.1 Å². The van der Waals surface area contributed by atoms with Crippen LogP contribution in [-0.4, -0.2) is 66.2 Å². The Labute approximate surface area is 181 Å². The zero-order valence-corrected chi connectivity index (χ0v) is 18.0. The van der Waals surface area contributed by atoms with Crippen LogP contribution in [0.3, 0.4) is 0 Å². The molecule has 31 heavy (non-hydrogen) atoms. The van der Waals surface area contributed by atoms with Gasteiger partial charge in [-0.1, -0.05) is 25.1 Å². The maximum atomic E-state index is 12.7. The van der Waals surface area contributed by atoms with Crippen LogP contribution in [-0.2, 0) is 6.54 Å². The molecule has 3 rings (SSSR count). The maximum Gasteiger partial charge on any atom is 0.401 e. The lowest BCUT2D eigenvalue weighted by Gasteiger charge is -2.26. The van der Waals surface area contributed by atoms with E-state index in [1.807, 2.05) is 37.3 Å². The minimum atomic E-state index is -4.17. The molecule has 0 radical (unpaired) electrons. The number of aliphatic imine (C=N–C) groups is 1. The Balaban J connectivity index is 1.59. The van der Waals surface area contributed by atoms with E-state index in [1.165, 1.54) is 4.90 Å². The predicted octanol–water partition coefficient (Wildman–Crippen LogP) is 4.01. The van der Waals surface area contributed by atoms with Gasteiger partial charge in [-0.3, -0.25) is 4.90 Å². The van der Waals surface area contributed by atoms with Crippen LogP contribution >= 0.6 is 0 Å². The highest BCUT2D eigenvalue weighted by molar-refractivity contribution is 5.80. The molecule has 0 bridgehead atoms. The van der Waals surface area contributed by atoms with E-state index >= 15 is 0 Å². The lowest BCUT2D eigenvalue weighted by Crippen LogP contribution is -2.41. The van der Waals surface area contributed by atoms with Gasteiger partial charge in [-0.05, 0) is 37.9 Å². The van der Waals surface area contributed by atoms with Gasteiger partial charge in [-0.2, -0.15) is 13.2 Å². The number of rotatable bonds is 8. The fourth-order valence-corrected chi connectivity index (χ4v) is 3.77. The minimum absolute atomic E-state index is 0.183. The largest absolute Gasteiger partial charge is 0.444 e. The molecule has 0 saturated carbocycles. The molecular formula is C22H30F3N5O. The van der Waals surface area contributed by atoms with Crippen LogP contribution in [0.25, 0.3) is 11.5 Å². The molecule has 1 unspecified atom stereocenters. The molecule has 9 heteroatoms. The highest BCUT2D eigenvalue weighted by atomic mass is 19.4. The highest BCUT2D eigenvalue weighted by Gasteiger charge is 2.33. The van der Waals surface area contributed by atoms with Crippen LogP contribution in [0.2, 0.25) is 0 Å². The summed E-state index contributed by atoms with van der Waals surface area (Å²) in [6.45, 7) is 6.28. The van der Waals surface area contributed by atoms with Crippen LogP contribution in [0.4, 0.5) is 13.2 Å².